The van der Waals surface area contributed by atoms with E-state index in [2.05, 4.69) is 23.6 Å². The quantitative estimate of drug-likeness (QED) is 0.259. The maximum Gasteiger partial charge on any atom is 2.00 e. The van der Waals surface area contributed by atoms with Gasteiger partial charge in [-0.05, 0) is 39.5 Å². The summed E-state index contributed by atoms with van der Waals surface area (Å²) in [5.74, 6) is 0. The van der Waals surface area contributed by atoms with E-state index in [9.17, 15) is 0 Å². The van der Waals surface area contributed by atoms with E-state index in [0.717, 1.165) is 13.1 Å². The fourth-order valence-corrected chi connectivity index (χ4v) is 4.97. The van der Waals surface area contributed by atoms with Crippen molar-refractivity contribution in [1.82, 2.24) is 9.80 Å². The molecule has 142 valence electrons. The van der Waals surface area contributed by atoms with Crippen molar-refractivity contribution >= 4 is 85.6 Å². The first-order valence-corrected chi connectivity index (χ1v) is 11.1. The van der Waals surface area contributed by atoms with Gasteiger partial charge in [0.2, 0.25) is 0 Å². The van der Waals surface area contributed by atoms with Gasteiger partial charge in [-0.3, -0.25) is 0 Å². The molecule has 0 aromatic rings. The van der Waals surface area contributed by atoms with Crippen LogP contribution in [0.25, 0.3) is 0 Å². The molecule has 0 aliphatic heterocycles. The zero-order valence-corrected chi connectivity index (χ0v) is 22.8. The van der Waals surface area contributed by atoms with Crippen molar-refractivity contribution in [3.8, 4) is 0 Å². The summed E-state index contributed by atoms with van der Waals surface area (Å²) in [7, 11) is 0. The molecule has 2 radical (unpaired) electrons. The molecular weight excluding hydrogens is 580 g/mol. The third kappa shape index (κ3) is 9.76. The molecule has 7 heteroatoms. The monoisotopic (exact) mass is 612 g/mol. The second-order valence-electron chi connectivity index (χ2n) is 6.69. The summed E-state index contributed by atoms with van der Waals surface area (Å²) in [6.45, 7) is 6.22. The molecule has 0 heterocycles. The van der Waals surface area contributed by atoms with Crippen molar-refractivity contribution in [2.24, 2.45) is 0 Å². The van der Waals surface area contributed by atoms with Crippen LogP contribution in [0.3, 0.4) is 0 Å². The van der Waals surface area contributed by atoms with Crippen LogP contribution in [0, 0.1) is 0 Å². The number of hydrogen-bond donors (Lipinski definition) is 0. The minimum atomic E-state index is 0. The average molecular weight is 612 g/mol. The molecule has 0 amide bonds. The Morgan fingerprint density at radius 1 is 0.720 bits per heavy atom. The summed E-state index contributed by atoms with van der Waals surface area (Å²) < 4.78 is 1.31. The molecule has 0 unspecified atom stereocenters. The van der Waals surface area contributed by atoms with E-state index < -0.39 is 0 Å². The van der Waals surface area contributed by atoms with Crippen molar-refractivity contribution < 1.29 is 0 Å². The van der Waals surface area contributed by atoms with E-state index in [1.54, 1.807) is 0 Å². The number of hydrogen-bond acceptors (Lipinski definition) is 4. The summed E-state index contributed by atoms with van der Waals surface area (Å²) in [5.41, 5.74) is 0. The van der Waals surface area contributed by atoms with Crippen molar-refractivity contribution in [2.45, 2.75) is 90.1 Å². The normalized spacial score (nSPS) is 18.3. The van der Waals surface area contributed by atoms with Crippen LogP contribution in [0.4, 0.5) is 0 Å². The van der Waals surface area contributed by atoms with E-state index in [1.807, 2.05) is 0 Å². The molecule has 2 rings (SSSR count). The molecule has 0 spiro atoms. The molecule has 0 saturated heterocycles. The summed E-state index contributed by atoms with van der Waals surface area (Å²) >= 11 is 20.2. The fraction of sp³-hybridized carbons (Fsp3) is 0.889. The van der Waals surface area contributed by atoms with Crippen molar-refractivity contribution in [2.75, 3.05) is 13.1 Å². The molecule has 2 aliphatic rings. The first kappa shape index (κ1) is 26.1. The van der Waals surface area contributed by atoms with Crippen LogP contribution in [-0.2, 0) is 25.3 Å². The van der Waals surface area contributed by atoms with Gasteiger partial charge in [-0.2, -0.15) is 0 Å². The zero-order chi connectivity index (χ0) is 17.9. The Hall–Kier alpha value is 1.14. The maximum atomic E-state index is 5.04. The van der Waals surface area contributed by atoms with Gasteiger partial charge in [0.25, 0.3) is 0 Å². The van der Waals surface area contributed by atoms with Crippen molar-refractivity contribution in [1.29, 1.82) is 0 Å². The van der Waals surface area contributed by atoms with Crippen LogP contribution in [0.15, 0.2) is 0 Å². The predicted octanol–water partition coefficient (Wildman–Crippen LogP) is 4.56. The summed E-state index contributed by atoms with van der Waals surface area (Å²) in [6, 6.07) is 1.29. The predicted molar refractivity (Wildman–Crippen MR) is 124 cm³/mol. The molecular formula is C18H32N2PbS4. The molecule has 2 aliphatic carbocycles. The molecule has 2 fully saturated rings. The van der Waals surface area contributed by atoms with E-state index in [-0.39, 0.29) is 27.3 Å². The smallest absolute Gasteiger partial charge is 0.411 e. The number of nitrogens with zero attached hydrogens (tertiary/aromatic N) is 2. The van der Waals surface area contributed by atoms with Crippen LogP contribution < -0.4 is 0 Å². The summed E-state index contributed by atoms with van der Waals surface area (Å²) in [4.78, 5) is 4.40. The van der Waals surface area contributed by atoms with Crippen LogP contribution in [0.2, 0.25) is 0 Å². The molecule has 2 saturated carbocycles. The topological polar surface area (TPSA) is 6.48 Å². The first-order chi connectivity index (χ1) is 11.5. The Balaban J connectivity index is 0.000000443. The van der Waals surface area contributed by atoms with Gasteiger partial charge in [0, 0.05) is 25.2 Å². The van der Waals surface area contributed by atoms with Crippen LogP contribution >= 0.6 is 24.4 Å². The Morgan fingerprint density at radius 2 is 1.00 bits per heavy atom. The fourth-order valence-electron chi connectivity index (χ4n) is 3.86. The largest absolute Gasteiger partial charge is 2.00 e. The van der Waals surface area contributed by atoms with Gasteiger partial charge in [-0.15, -0.1) is 0 Å². The van der Waals surface area contributed by atoms with Crippen LogP contribution in [-0.4, -0.2) is 70.9 Å². The second-order valence-corrected chi connectivity index (χ2v) is 8.75. The SMILES string of the molecule is CCN(C(=S)[S-])C1CCCCC1.CCN(C(=S)[S-])C1CCCCC1.[Pb+2]. The Morgan fingerprint density at radius 3 is 1.20 bits per heavy atom. The summed E-state index contributed by atoms with van der Waals surface area (Å²) in [6.07, 6.45) is 13.3. The van der Waals surface area contributed by atoms with Gasteiger partial charge in [0.1, 0.15) is 0 Å². The third-order valence-electron chi connectivity index (χ3n) is 5.18. The van der Waals surface area contributed by atoms with Gasteiger partial charge in [0.05, 0.1) is 0 Å². The molecule has 25 heavy (non-hydrogen) atoms. The molecule has 0 N–H and O–H groups in total. The van der Waals surface area contributed by atoms with Gasteiger partial charge >= 0.3 is 27.3 Å². The first-order valence-electron chi connectivity index (χ1n) is 9.46. The van der Waals surface area contributed by atoms with Gasteiger partial charge in [-0.1, -0.05) is 47.2 Å². The average Bonchev–Trinajstić information content (AvgIpc) is 2.58. The zero-order valence-electron chi connectivity index (χ0n) is 15.7. The van der Waals surface area contributed by atoms with Gasteiger partial charge in [0.15, 0.2) is 0 Å². The maximum absolute atomic E-state index is 5.04. The Labute approximate surface area is 197 Å². The van der Waals surface area contributed by atoms with Crippen LogP contribution in [0.1, 0.15) is 78.1 Å². The standard InChI is InChI=1S/2C9H17NS2.Pb/c2*1-2-10(9(11)12)8-6-4-3-5-7-8;/h2*8H,2-7H2,1H3,(H,11,12);/q;;+2/p-2. The summed E-state index contributed by atoms with van der Waals surface area (Å²) in [5, 5.41) is 0. The third-order valence-corrected chi connectivity index (χ3v) is 6.12. The minimum absolute atomic E-state index is 0. The molecule has 0 atom stereocenters. The van der Waals surface area contributed by atoms with Crippen molar-refractivity contribution in [3.05, 3.63) is 0 Å². The Bertz CT molecular complexity index is 347. The Kier molecular flexibility index (Phi) is 15.8. The van der Waals surface area contributed by atoms with Crippen molar-refractivity contribution in [3.63, 3.8) is 0 Å². The van der Waals surface area contributed by atoms with Crippen LogP contribution in [0.5, 0.6) is 0 Å². The van der Waals surface area contributed by atoms with Gasteiger partial charge < -0.3 is 59.5 Å². The molecule has 0 aromatic heterocycles. The van der Waals surface area contributed by atoms with Gasteiger partial charge in [-0.25, -0.2) is 0 Å². The van der Waals surface area contributed by atoms with E-state index in [4.69, 9.17) is 49.7 Å². The minimum Gasteiger partial charge on any atom is -0.411 e. The number of thiocarbonyl (C=S) groups is 2. The molecule has 0 bridgehead atoms. The molecule has 2 nitrogen and oxygen atoms in total. The van der Waals surface area contributed by atoms with E-state index in [1.165, 1.54) is 64.2 Å². The second kappa shape index (κ2) is 15.1. The molecule has 0 aromatic carbocycles. The van der Waals surface area contributed by atoms with E-state index in [0.29, 0.717) is 20.7 Å². The number of rotatable bonds is 4. The van der Waals surface area contributed by atoms with E-state index >= 15 is 0 Å².